The van der Waals surface area contributed by atoms with E-state index < -0.39 is 0 Å². The molecule has 0 atom stereocenters. The van der Waals surface area contributed by atoms with E-state index in [4.69, 9.17) is 0 Å². The summed E-state index contributed by atoms with van der Waals surface area (Å²) in [6.45, 7) is 23.0. The first-order chi connectivity index (χ1) is 10.6. The van der Waals surface area contributed by atoms with Crippen LogP contribution in [0.2, 0.25) is 0 Å². The highest BCUT2D eigenvalue weighted by atomic mass is 14.2. The third kappa shape index (κ3) is 2.75. The zero-order valence-corrected chi connectivity index (χ0v) is 17.0. The van der Waals surface area contributed by atoms with Crippen molar-refractivity contribution in [3.63, 3.8) is 0 Å². The van der Waals surface area contributed by atoms with Gasteiger partial charge in [-0.25, -0.2) is 10.9 Å². The van der Waals surface area contributed by atoms with Crippen LogP contribution >= 0.6 is 0 Å². The predicted molar refractivity (Wildman–Crippen MR) is 108 cm³/mol. The molecule has 0 aliphatic rings. The van der Waals surface area contributed by atoms with Crippen LogP contribution in [0, 0.1) is 69.2 Å². The fraction of sp³-hybridized carbons (Fsp3) is 0.455. The lowest BCUT2D eigenvalue weighted by atomic mass is 9.56. The van der Waals surface area contributed by atoms with Gasteiger partial charge in [0.15, 0.2) is 0 Å². The molecule has 2 rings (SSSR count). The molecule has 0 saturated heterocycles. The zero-order valence-electron chi connectivity index (χ0n) is 17.0. The summed E-state index contributed by atoms with van der Waals surface area (Å²) >= 11 is 0. The van der Waals surface area contributed by atoms with E-state index >= 15 is 0 Å². The molecule has 0 spiro atoms. The maximum atomic E-state index is 2.33. The Bertz CT molecular complexity index is 669. The number of hydrogen-bond donors (Lipinski definition) is 0. The minimum atomic E-state index is -0.315. The highest BCUT2D eigenvalue weighted by molar-refractivity contribution is 6.69. The molecule has 0 aliphatic heterocycles. The van der Waals surface area contributed by atoms with Crippen LogP contribution in [-0.2, 0) is 0 Å². The van der Waals surface area contributed by atoms with Gasteiger partial charge < -0.3 is 0 Å². The minimum Gasteiger partial charge on any atom is -0.206 e. The van der Waals surface area contributed by atoms with Gasteiger partial charge in [0.1, 0.15) is 0 Å². The average Bonchev–Trinajstić information content (AvgIpc) is 2.54. The van der Waals surface area contributed by atoms with E-state index in [9.17, 15) is 0 Å². The van der Waals surface area contributed by atoms with Crippen molar-refractivity contribution >= 4 is 18.2 Å². The topological polar surface area (TPSA) is 0 Å². The standard InChI is InChI=1S/C22H32B/c1-11-13(3)17(7)21(18(8)14(11)4)23-22-19(9)15(5)12(2)16(6)20(22)10/h23H2,1-10H3/q-1. The summed E-state index contributed by atoms with van der Waals surface area (Å²) in [7, 11) is -0.315. The van der Waals surface area contributed by atoms with Crippen LogP contribution in [0.5, 0.6) is 0 Å². The van der Waals surface area contributed by atoms with Gasteiger partial charge >= 0.3 is 0 Å². The summed E-state index contributed by atoms with van der Waals surface area (Å²) in [5.74, 6) is 0. The molecule has 0 aromatic heterocycles. The summed E-state index contributed by atoms with van der Waals surface area (Å²) in [4.78, 5) is 0. The Balaban J connectivity index is 2.71. The molecule has 0 N–H and O–H groups in total. The van der Waals surface area contributed by atoms with Gasteiger partial charge in [-0.1, -0.05) is 22.3 Å². The summed E-state index contributed by atoms with van der Waals surface area (Å²) in [5, 5.41) is 0. The molecule has 0 unspecified atom stereocenters. The third-order valence-electron chi connectivity index (χ3n) is 7.25. The molecule has 124 valence electrons. The van der Waals surface area contributed by atoms with Crippen LogP contribution in [0.25, 0.3) is 0 Å². The van der Waals surface area contributed by atoms with Gasteiger partial charge in [-0.15, -0.1) is 0 Å². The van der Waals surface area contributed by atoms with Gasteiger partial charge in [0.05, 0.1) is 0 Å². The van der Waals surface area contributed by atoms with Gasteiger partial charge in [-0.2, -0.15) is 0 Å². The second kappa shape index (κ2) is 6.19. The van der Waals surface area contributed by atoms with Crippen LogP contribution in [-0.4, -0.2) is 7.28 Å². The predicted octanol–water partition coefficient (Wildman–Crippen LogP) is 3.89. The molecule has 0 fully saturated rings. The molecule has 0 saturated carbocycles. The lowest BCUT2D eigenvalue weighted by Crippen LogP contribution is -2.36. The maximum Gasteiger partial charge on any atom is 0.0259 e. The molecule has 0 bridgehead atoms. The molecule has 0 radical (unpaired) electrons. The summed E-state index contributed by atoms with van der Waals surface area (Å²) in [5.41, 5.74) is 18.3. The molecule has 0 amide bonds. The van der Waals surface area contributed by atoms with E-state index in [0.29, 0.717) is 0 Å². The van der Waals surface area contributed by atoms with E-state index in [-0.39, 0.29) is 7.28 Å². The molecule has 0 heterocycles. The van der Waals surface area contributed by atoms with Gasteiger partial charge in [-0.05, 0) is 103 Å². The molecule has 2 aromatic carbocycles. The molecule has 0 aliphatic carbocycles. The molecular weight excluding hydrogens is 275 g/mol. The monoisotopic (exact) mass is 307 g/mol. The Morgan fingerprint density at radius 1 is 0.304 bits per heavy atom. The Morgan fingerprint density at radius 2 is 0.478 bits per heavy atom. The lowest BCUT2D eigenvalue weighted by molar-refractivity contribution is 1.19. The molecular formula is C22H32B-. The second-order valence-electron chi connectivity index (χ2n) is 7.75. The second-order valence-corrected chi connectivity index (χ2v) is 7.75. The molecule has 23 heavy (non-hydrogen) atoms. The van der Waals surface area contributed by atoms with Crippen LogP contribution in [0.4, 0.5) is 0 Å². The third-order valence-corrected chi connectivity index (χ3v) is 7.25. The average molecular weight is 307 g/mol. The number of hydrogen-bond acceptors (Lipinski definition) is 0. The smallest absolute Gasteiger partial charge is 0.0259 e. The van der Waals surface area contributed by atoms with E-state index in [2.05, 4.69) is 69.2 Å². The van der Waals surface area contributed by atoms with E-state index in [0.717, 1.165) is 0 Å². The summed E-state index contributed by atoms with van der Waals surface area (Å²) in [6, 6.07) is 0. The van der Waals surface area contributed by atoms with Crippen molar-refractivity contribution in [1.82, 2.24) is 0 Å². The van der Waals surface area contributed by atoms with Gasteiger partial charge in [0.2, 0.25) is 0 Å². The van der Waals surface area contributed by atoms with Crippen LogP contribution < -0.4 is 10.9 Å². The Labute approximate surface area is 143 Å². The number of benzene rings is 2. The molecule has 1 heteroatoms. The number of rotatable bonds is 2. The largest absolute Gasteiger partial charge is 0.206 e. The van der Waals surface area contributed by atoms with Crippen molar-refractivity contribution in [2.24, 2.45) is 0 Å². The van der Waals surface area contributed by atoms with E-state index in [1.165, 1.54) is 55.6 Å². The normalized spacial score (nSPS) is 11.2. The van der Waals surface area contributed by atoms with Crippen molar-refractivity contribution < 1.29 is 0 Å². The van der Waals surface area contributed by atoms with Gasteiger partial charge in [-0.3, -0.25) is 0 Å². The Morgan fingerprint density at radius 3 is 0.696 bits per heavy atom. The van der Waals surface area contributed by atoms with E-state index in [1.54, 1.807) is 10.9 Å². The van der Waals surface area contributed by atoms with Crippen molar-refractivity contribution in [3.05, 3.63) is 55.6 Å². The van der Waals surface area contributed by atoms with Crippen LogP contribution in [0.1, 0.15) is 55.6 Å². The van der Waals surface area contributed by atoms with Crippen molar-refractivity contribution in [2.45, 2.75) is 69.2 Å². The first-order valence-corrected chi connectivity index (χ1v) is 9.00. The van der Waals surface area contributed by atoms with Gasteiger partial charge in [0.25, 0.3) is 0 Å². The Hall–Kier alpha value is -1.50. The Kier molecular flexibility index (Phi) is 4.80. The van der Waals surface area contributed by atoms with Gasteiger partial charge in [0, 0.05) is 7.28 Å². The fourth-order valence-corrected chi connectivity index (χ4v) is 4.38. The summed E-state index contributed by atoms with van der Waals surface area (Å²) in [6.07, 6.45) is 0. The molecule has 0 nitrogen and oxygen atoms in total. The maximum absolute atomic E-state index is 2.33. The highest BCUT2D eigenvalue weighted by Gasteiger charge is 2.12. The lowest BCUT2D eigenvalue weighted by Gasteiger charge is -2.28. The zero-order chi connectivity index (χ0) is 17.6. The first-order valence-electron chi connectivity index (χ1n) is 9.00. The van der Waals surface area contributed by atoms with Crippen LogP contribution in [0.15, 0.2) is 0 Å². The molecule has 2 aromatic rings. The summed E-state index contributed by atoms with van der Waals surface area (Å²) < 4.78 is 0. The highest BCUT2D eigenvalue weighted by Crippen LogP contribution is 2.21. The van der Waals surface area contributed by atoms with Crippen molar-refractivity contribution in [2.75, 3.05) is 0 Å². The van der Waals surface area contributed by atoms with Crippen LogP contribution in [0.3, 0.4) is 0 Å². The first kappa shape index (κ1) is 17.9. The minimum absolute atomic E-state index is 0.315. The van der Waals surface area contributed by atoms with E-state index in [1.807, 2.05) is 0 Å². The van der Waals surface area contributed by atoms with Crippen molar-refractivity contribution in [1.29, 1.82) is 0 Å². The SMILES string of the molecule is Cc1c(C)c(C)c([BH2-]c2c(C)c(C)c(C)c(C)c2C)c(C)c1C. The van der Waals surface area contributed by atoms with Crippen molar-refractivity contribution in [3.8, 4) is 0 Å². The fourth-order valence-electron chi connectivity index (χ4n) is 4.38. The quantitative estimate of drug-likeness (QED) is 0.738.